The molecule has 0 aliphatic heterocycles. The average Bonchev–Trinajstić information content (AvgIpc) is 2.57. The van der Waals surface area contributed by atoms with E-state index in [1.54, 1.807) is 26.2 Å². The summed E-state index contributed by atoms with van der Waals surface area (Å²) in [5.74, 6) is 1.16. The van der Waals surface area contributed by atoms with Gasteiger partial charge in [0.2, 0.25) is 0 Å². The molecule has 1 unspecified atom stereocenters. The van der Waals surface area contributed by atoms with E-state index in [0.717, 1.165) is 17.7 Å². The summed E-state index contributed by atoms with van der Waals surface area (Å²) in [7, 11) is 1.63. The number of nitrogens with one attached hydrogen (secondary N) is 1. The summed E-state index contributed by atoms with van der Waals surface area (Å²) >= 11 is 6.02. The Morgan fingerprint density at radius 2 is 1.87 bits per heavy atom. The summed E-state index contributed by atoms with van der Waals surface area (Å²) < 4.78 is 10.7. The maximum absolute atomic E-state index is 12.1. The van der Waals surface area contributed by atoms with Crippen molar-refractivity contribution in [3.05, 3.63) is 59.1 Å². The maximum Gasteiger partial charge on any atom is 0.260 e. The molecule has 0 saturated carbocycles. The Balaban J connectivity index is 1.78. The second kappa shape index (κ2) is 8.44. The lowest BCUT2D eigenvalue weighted by molar-refractivity contribution is -0.127. The number of ether oxygens (including phenoxy) is 2. The van der Waals surface area contributed by atoms with Crippen molar-refractivity contribution in [3.63, 3.8) is 0 Å². The van der Waals surface area contributed by atoms with Crippen LogP contribution in [0.1, 0.15) is 12.5 Å². The molecule has 0 aromatic heterocycles. The van der Waals surface area contributed by atoms with Crippen molar-refractivity contribution in [3.8, 4) is 11.5 Å². The van der Waals surface area contributed by atoms with Crippen LogP contribution in [-0.2, 0) is 11.2 Å². The molecule has 0 aliphatic rings. The minimum Gasteiger partial charge on any atom is -0.497 e. The minimum atomic E-state index is -0.606. The normalized spacial score (nSPS) is 11.6. The van der Waals surface area contributed by atoms with Gasteiger partial charge in [0.05, 0.1) is 12.1 Å². The first-order valence-corrected chi connectivity index (χ1v) is 7.80. The molecule has 0 aliphatic carbocycles. The Hall–Kier alpha value is -2.20. The van der Waals surface area contributed by atoms with Crippen molar-refractivity contribution in [2.24, 2.45) is 0 Å². The zero-order valence-corrected chi connectivity index (χ0v) is 14.0. The molecule has 0 fully saturated rings. The molecule has 0 heterocycles. The molecule has 1 N–H and O–H groups in total. The third kappa shape index (κ3) is 5.18. The van der Waals surface area contributed by atoms with Crippen LogP contribution in [0.3, 0.4) is 0 Å². The van der Waals surface area contributed by atoms with Gasteiger partial charge < -0.3 is 14.8 Å². The van der Waals surface area contributed by atoms with E-state index < -0.39 is 6.10 Å². The molecule has 23 heavy (non-hydrogen) atoms. The van der Waals surface area contributed by atoms with E-state index in [9.17, 15) is 4.79 Å². The summed E-state index contributed by atoms with van der Waals surface area (Å²) in [6.07, 6.45) is 0.139. The van der Waals surface area contributed by atoms with Crippen molar-refractivity contribution >= 4 is 17.5 Å². The van der Waals surface area contributed by atoms with Gasteiger partial charge in [-0.05, 0) is 43.2 Å². The van der Waals surface area contributed by atoms with E-state index in [2.05, 4.69) is 5.32 Å². The molecule has 122 valence electrons. The lowest BCUT2D eigenvalue weighted by atomic mass is 10.1. The lowest BCUT2D eigenvalue weighted by Crippen LogP contribution is -2.37. The van der Waals surface area contributed by atoms with E-state index in [0.29, 0.717) is 17.3 Å². The van der Waals surface area contributed by atoms with Gasteiger partial charge in [0.25, 0.3) is 5.91 Å². The molecular formula is C18H20ClNO3. The largest absolute Gasteiger partial charge is 0.497 e. The predicted octanol–water partition coefficient (Wildman–Crippen LogP) is 3.47. The SMILES string of the molecule is COc1ccc(CCNC(=O)C(C)Oc2ccccc2Cl)cc1. The van der Waals surface area contributed by atoms with E-state index >= 15 is 0 Å². The Bertz CT molecular complexity index is 643. The molecule has 0 spiro atoms. The Kier molecular flexibility index (Phi) is 6.29. The van der Waals surface area contributed by atoms with Gasteiger partial charge in [-0.2, -0.15) is 0 Å². The molecular weight excluding hydrogens is 314 g/mol. The standard InChI is InChI=1S/C18H20ClNO3/c1-13(23-17-6-4-3-5-16(17)19)18(21)20-12-11-14-7-9-15(22-2)10-8-14/h3-10,13H,11-12H2,1-2H3,(H,20,21). The maximum atomic E-state index is 12.1. The van der Waals surface area contributed by atoms with E-state index in [-0.39, 0.29) is 5.91 Å². The fourth-order valence-corrected chi connectivity index (χ4v) is 2.23. The monoisotopic (exact) mass is 333 g/mol. The first-order chi connectivity index (χ1) is 11.1. The minimum absolute atomic E-state index is 0.168. The van der Waals surface area contributed by atoms with Crippen molar-refractivity contribution in [1.82, 2.24) is 5.32 Å². The molecule has 1 atom stereocenters. The second-order valence-electron chi connectivity index (χ2n) is 5.08. The Morgan fingerprint density at radius 1 is 1.17 bits per heavy atom. The lowest BCUT2D eigenvalue weighted by Gasteiger charge is -2.15. The Morgan fingerprint density at radius 3 is 2.52 bits per heavy atom. The number of amides is 1. The van der Waals surface area contributed by atoms with Gasteiger partial charge in [-0.1, -0.05) is 35.9 Å². The predicted molar refractivity (Wildman–Crippen MR) is 91.2 cm³/mol. The highest BCUT2D eigenvalue weighted by molar-refractivity contribution is 6.32. The highest BCUT2D eigenvalue weighted by Gasteiger charge is 2.15. The van der Waals surface area contributed by atoms with Crippen LogP contribution in [0.5, 0.6) is 11.5 Å². The molecule has 1 amide bonds. The fraction of sp³-hybridized carbons (Fsp3) is 0.278. The van der Waals surface area contributed by atoms with Gasteiger partial charge in [-0.3, -0.25) is 4.79 Å². The van der Waals surface area contributed by atoms with Gasteiger partial charge in [-0.25, -0.2) is 0 Å². The fourth-order valence-electron chi connectivity index (χ4n) is 2.05. The molecule has 0 radical (unpaired) electrons. The van der Waals surface area contributed by atoms with Crippen molar-refractivity contribution in [2.75, 3.05) is 13.7 Å². The van der Waals surface area contributed by atoms with Crippen molar-refractivity contribution in [1.29, 1.82) is 0 Å². The smallest absolute Gasteiger partial charge is 0.260 e. The van der Waals surface area contributed by atoms with Crippen molar-refractivity contribution in [2.45, 2.75) is 19.4 Å². The number of carbonyl (C=O) groups is 1. The zero-order valence-electron chi connectivity index (χ0n) is 13.2. The van der Waals surface area contributed by atoms with Gasteiger partial charge in [-0.15, -0.1) is 0 Å². The van der Waals surface area contributed by atoms with Crippen LogP contribution in [0.4, 0.5) is 0 Å². The van der Waals surface area contributed by atoms with Crippen LogP contribution >= 0.6 is 11.6 Å². The highest BCUT2D eigenvalue weighted by Crippen LogP contribution is 2.24. The van der Waals surface area contributed by atoms with Gasteiger partial charge in [0.1, 0.15) is 11.5 Å². The summed E-state index contributed by atoms with van der Waals surface area (Å²) in [5.41, 5.74) is 1.13. The first kappa shape index (κ1) is 17.2. The number of rotatable bonds is 7. The van der Waals surface area contributed by atoms with Crippen LogP contribution in [0.2, 0.25) is 5.02 Å². The van der Waals surface area contributed by atoms with Gasteiger partial charge in [0, 0.05) is 6.54 Å². The summed E-state index contributed by atoms with van der Waals surface area (Å²) in [5, 5.41) is 3.35. The summed E-state index contributed by atoms with van der Waals surface area (Å²) in [6, 6.07) is 14.9. The summed E-state index contributed by atoms with van der Waals surface area (Å²) in [6.45, 7) is 2.24. The molecule has 2 rings (SSSR count). The number of hydrogen-bond donors (Lipinski definition) is 1. The molecule has 2 aromatic rings. The molecule has 4 nitrogen and oxygen atoms in total. The molecule has 0 bridgehead atoms. The number of halogens is 1. The van der Waals surface area contributed by atoms with E-state index in [1.807, 2.05) is 36.4 Å². The quantitative estimate of drug-likeness (QED) is 0.844. The number of para-hydroxylation sites is 1. The van der Waals surface area contributed by atoms with E-state index in [4.69, 9.17) is 21.1 Å². The number of methoxy groups -OCH3 is 1. The van der Waals surface area contributed by atoms with Crippen molar-refractivity contribution < 1.29 is 14.3 Å². The third-order valence-corrected chi connectivity index (χ3v) is 3.69. The van der Waals surface area contributed by atoms with E-state index in [1.165, 1.54) is 0 Å². The Labute approximate surface area is 141 Å². The van der Waals surface area contributed by atoms with Gasteiger partial charge >= 0.3 is 0 Å². The molecule has 5 heteroatoms. The topological polar surface area (TPSA) is 47.6 Å². The summed E-state index contributed by atoms with van der Waals surface area (Å²) in [4.78, 5) is 12.1. The molecule has 2 aromatic carbocycles. The van der Waals surface area contributed by atoms with Crippen LogP contribution < -0.4 is 14.8 Å². The third-order valence-electron chi connectivity index (χ3n) is 3.38. The van der Waals surface area contributed by atoms with Crippen LogP contribution in [0.15, 0.2) is 48.5 Å². The first-order valence-electron chi connectivity index (χ1n) is 7.42. The van der Waals surface area contributed by atoms with Crippen LogP contribution in [0.25, 0.3) is 0 Å². The van der Waals surface area contributed by atoms with Gasteiger partial charge in [0.15, 0.2) is 6.10 Å². The number of benzene rings is 2. The zero-order chi connectivity index (χ0) is 16.7. The second-order valence-corrected chi connectivity index (χ2v) is 5.49. The van der Waals surface area contributed by atoms with Crippen LogP contribution in [-0.4, -0.2) is 25.7 Å². The highest BCUT2D eigenvalue weighted by atomic mass is 35.5. The molecule has 0 saturated heterocycles. The number of hydrogen-bond acceptors (Lipinski definition) is 3. The average molecular weight is 334 g/mol. The van der Waals surface area contributed by atoms with Crippen LogP contribution in [0, 0.1) is 0 Å². The number of carbonyl (C=O) groups excluding carboxylic acids is 1.